The number of nitrogens with zero attached hydrogens (tertiary/aromatic N) is 6. The number of hydrogen-bond donors (Lipinski definition) is 1. The highest BCUT2D eigenvalue weighted by atomic mass is 32.2. The lowest BCUT2D eigenvalue weighted by Crippen LogP contribution is -2.49. The molecule has 0 aromatic carbocycles. The van der Waals surface area contributed by atoms with Crippen LogP contribution in [0.4, 0.5) is 11.8 Å². The molecule has 1 aromatic heterocycles. The average Bonchev–Trinajstić information content (AvgIpc) is 3.01. The van der Waals surface area contributed by atoms with Crippen LogP contribution in [0.25, 0.3) is 0 Å². The Kier molecular flexibility index (Phi) is 6.50. The van der Waals surface area contributed by atoms with E-state index in [9.17, 15) is 13.5 Å². The van der Waals surface area contributed by atoms with Crippen molar-refractivity contribution >= 4 is 22.0 Å². The molecule has 3 aliphatic rings. The van der Waals surface area contributed by atoms with Gasteiger partial charge in [-0.3, -0.25) is 0 Å². The lowest BCUT2D eigenvalue weighted by molar-refractivity contribution is 0.0703. The molecule has 1 unspecified atom stereocenters. The van der Waals surface area contributed by atoms with E-state index in [1.807, 2.05) is 6.07 Å². The molecule has 3 saturated heterocycles. The number of aliphatic hydroxyl groups is 1. The zero-order chi connectivity index (χ0) is 20.3. The molecule has 11 heteroatoms. The van der Waals surface area contributed by atoms with Crippen molar-refractivity contribution in [3.8, 4) is 0 Å². The summed E-state index contributed by atoms with van der Waals surface area (Å²) in [6, 6.07) is 1.87. The molecule has 4 rings (SSSR count). The normalized spacial score (nSPS) is 25.8. The molecule has 1 N–H and O–H groups in total. The smallest absolute Gasteiger partial charge is 0.282 e. The van der Waals surface area contributed by atoms with Gasteiger partial charge >= 0.3 is 0 Å². The molecule has 0 saturated carbocycles. The molecular formula is C18H30N6O4S. The second kappa shape index (κ2) is 9.09. The summed E-state index contributed by atoms with van der Waals surface area (Å²) in [4.78, 5) is 13.3. The lowest BCUT2D eigenvalue weighted by atomic mass is 10.1. The van der Waals surface area contributed by atoms with E-state index < -0.39 is 10.2 Å². The number of aromatic nitrogens is 2. The second-order valence-corrected chi connectivity index (χ2v) is 9.64. The minimum Gasteiger partial charge on any atom is -0.391 e. The van der Waals surface area contributed by atoms with Gasteiger partial charge < -0.3 is 19.6 Å². The summed E-state index contributed by atoms with van der Waals surface area (Å²) in [5.41, 5.74) is 0. The van der Waals surface area contributed by atoms with Crippen molar-refractivity contribution in [3.63, 3.8) is 0 Å². The summed E-state index contributed by atoms with van der Waals surface area (Å²) in [5, 5.41) is 9.94. The molecule has 10 nitrogen and oxygen atoms in total. The summed E-state index contributed by atoms with van der Waals surface area (Å²) < 4.78 is 34.3. The Morgan fingerprint density at radius 3 is 2.52 bits per heavy atom. The van der Waals surface area contributed by atoms with Crippen molar-refractivity contribution in [2.75, 3.05) is 75.4 Å². The summed E-state index contributed by atoms with van der Waals surface area (Å²) in [5.74, 6) is 1.43. The van der Waals surface area contributed by atoms with Crippen LogP contribution in [-0.2, 0) is 14.9 Å². The van der Waals surface area contributed by atoms with Crippen LogP contribution in [0, 0.1) is 0 Å². The Morgan fingerprint density at radius 2 is 1.72 bits per heavy atom. The van der Waals surface area contributed by atoms with Crippen LogP contribution in [-0.4, -0.2) is 104 Å². The second-order valence-electron chi connectivity index (χ2n) is 7.72. The van der Waals surface area contributed by atoms with Crippen LogP contribution in [0.1, 0.15) is 19.3 Å². The van der Waals surface area contributed by atoms with Crippen molar-refractivity contribution in [2.24, 2.45) is 0 Å². The SMILES string of the molecule is O=S(=O)(N1CCOCC1)N1CCCN(c2nccc(N3CCCC(O)C3)n2)CC1. The molecule has 1 atom stereocenters. The van der Waals surface area contributed by atoms with Gasteiger partial charge in [0.15, 0.2) is 0 Å². The van der Waals surface area contributed by atoms with E-state index in [4.69, 9.17) is 9.72 Å². The summed E-state index contributed by atoms with van der Waals surface area (Å²) in [6.45, 7) is 5.35. The van der Waals surface area contributed by atoms with Crippen LogP contribution in [0.5, 0.6) is 0 Å². The zero-order valence-corrected chi connectivity index (χ0v) is 17.5. The van der Waals surface area contributed by atoms with Crippen LogP contribution in [0.2, 0.25) is 0 Å². The maximum atomic E-state index is 12.9. The first kappa shape index (κ1) is 20.7. The van der Waals surface area contributed by atoms with Crippen molar-refractivity contribution in [1.29, 1.82) is 0 Å². The molecular weight excluding hydrogens is 396 g/mol. The molecule has 0 bridgehead atoms. The number of anilines is 2. The standard InChI is InChI=1S/C18H30N6O4S/c25-16-3-1-6-22(15-16)17-4-5-19-18(20-17)21-7-2-8-23(10-9-21)29(26,27)24-11-13-28-14-12-24/h4-5,16,25H,1-3,6-15H2. The van der Waals surface area contributed by atoms with Crippen molar-refractivity contribution in [2.45, 2.75) is 25.4 Å². The van der Waals surface area contributed by atoms with Gasteiger partial charge in [-0.2, -0.15) is 22.0 Å². The molecule has 0 amide bonds. The quantitative estimate of drug-likeness (QED) is 0.689. The van der Waals surface area contributed by atoms with E-state index in [1.165, 1.54) is 4.31 Å². The summed E-state index contributed by atoms with van der Waals surface area (Å²) in [6.07, 6.45) is 3.91. The fourth-order valence-electron chi connectivity index (χ4n) is 4.10. The van der Waals surface area contributed by atoms with Gasteiger partial charge in [-0.15, -0.1) is 0 Å². The van der Waals surface area contributed by atoms with Gasteiger partial charge in [-0.05, 0) is 25.3 Å². The van der Waals surface area contributed by atoms with Crippen LogP contribution in [0.3, 0.4) is 0 Å². The molecule has 3 aliphatic heterocycles. The van der Waals surface area contributed by atoms with Crippen molar-refractivity contribution < 1.29 is 18.3 Å². The van der Waals surface area contributed by atoms with E-state index in [2.05, 4.69) is 14.8 Å². The third kappa shape index (κ3) is 4.80. The highest BCUT2D eigenvalue weighted by Gasteiger charge is 2.32. The average molecular weight is 427 g/mol. The van der Waals surface area contributed by atoms with E-state index in [1.54, 1.807) is 10.5 Å². The number of morpholine rings is 1. The van der Waals surface area contributed by atoms with Crippen molar-refractivity contribution in [3.05, 3.63) is 12.3 Å². The zero-order valence-electron chi connectivity index (χ0n) is 16.7. The molecule has 0 radical (unpaired) electrons. The van der Waals surface area contributed by atoms with Crippen LogP contribution in [0.15, 0.2) is 12.3 Å². The van der Waals surface area contributed by atoms with E-state index in [0.717, 1.165) is 31.6 Å². The monoisotopic (exact) mass is 426 g/mol. The van der Waals surface area contributed by atoms with Crippen LogP contribution < -0.4 is 9.80 Å². The Labute approximate surface area is 172 Å². The molecule has 0 spiro atoms. The highest BCUT2D eigenvalue weighted by molar-refractivity contribution is 7.86. The lowest BCUT2D eigenvalue weighted by Gasteiger charge is -2.32. The number of rotatable bonds is 4. The van der Waals surface area contributed by atoms with Gasteiger partial charge in [-0.1, -0.05) is 0 Å². The van der Waals surface area contributed by atoms with Crippen molar-refractivity contribution in [1.82, 2.24) is 18.6 Å². The molecule has 162 valence electrons. The van der Waals surface area contributed by atoms with E-state index in [-0.39, 0.29) is 6.10 Å². The molecule has 3 fully saturated rings. The topological polar surface area (TPSA) is 102 Å². The molecule has 4 heterocycles. The summed E-state index contributed by atoms with van der Waals surface area (Å²) >= 11 is 0. The molecule has 1 aromatic rings. The van der Waals surface area contributed by atoms with Gasteiger partial charge in [0.2, 0.25) is 5.95 Å². The predicted octanol–water partition coefficient (Wildman–Crippen LogP) is -0.473. The Hall–Kier alpha value is -1.53. The first-order valence-electron chi connectivity index (χ1n) is 10.4. The third-order valence-electron chi connectivity index (χ3n) is 5.71. The largest absolute Gasteiger partial charge is 0.391 e. The van der Waals surface area contributed by atoms with Gasteiger partial charge in [-0.25, -0.2) is 4.98 Å². The maximum Gasteiger partial charge on any atom is 0.282 e. The number of hydrogen-bond acceptors (Lipinski definition) is 8. The number of piperidine rings is 1. The minimum atomic E-state index is -3.46. The Balaban J connectivity index is 1.42. The summed E-state index contributed by atoms with van der Waals surface area (Å²) in [7, 11) is -3.46. The van der Waals surface area contributed by atoms with Crippen LogP contribution >= 0.6 is 0 Å². The highest BCUT2D eigenvalue weighted by Crippen LogP contribution is 2.21. The number of aliphatic hydroxyl groups excluding tert-OH is 1. The molecule has 0 aliphatic carbocycles. The molecule has 29 heavy (non-hydrogen) atoms. The van der Waals surface area contributed by atoms with Gasteiger partial charge in [0.05, 0.1) is 19.3 Å². The Morgan fingerprint density at radius 1 is 0.966 bits per heavy atom. The van der Waals surface area contributed by atoms with Gasteiger partial charge in [0, 0.05) is 58.6 Å². The fraction of sp³-hybridized carbons (Fsp3) is 0.778. The predicted molar refractivity (Wildman–Crippen MR) is 109 cm³/mol. The van der Waals surface area contributed by atoms with Gasteiger partial charge in [0.1, 0.15) is 5.82 Å². The van der Waals surface area contributed by atoms with Gasteiger partial charge in [0.25, 0.3) is 10.2 Å². The third-order valence-corrected chi connectivity index (χ3v) is 7.74. The van der Waals surface area contributed by atoms with E-state index >= 15 is 0 Å². The minimum absolute atomic E-state index is 0.320. The maximum absolute atomic E-state index is 12.9. The first-order chi connectivity index (χ1) is 14.0. The number of β-amino-alcohol motifs (C(OH)–C–C–N with tert-alkyl or cyclic N) is 1. The Bertz CT molecular complexity index is 788. The fourth-order valence-corrected chi connectivity index (χ4v) is 5.70. The first-order valence-corrected chi connectivity index (χ1v) is 11.8. The van der Waals surface area contributed by atoms with E-state index in [0.29, 0.717) is 65.0 Å². The number of ether oxygens (including phenoxy) is 1.